The quantitative estimate of drug-likeness (QED) is 0.203. The Hall–Kier alpha value is -3.54. The van der Waals surface area contributed by atoms with Gasteiger partial charge in [0, 0.05) is 37.9 Å². The van der Waals surface area contributed by atoms with Crippen LogP contribution in [-0.4, -0.2) is 49.5 Å². The average molecular weight is 618 g/mol. The van der Waals surface area contributed by atoms with E-state index >= 15 is 0 Å². The number of pyridine rings is 1. The lowest BCUT2D eigenvalue weighted by molar-refractivity contribution is 0.0792. The van der Waals surface area contributed by atoms with Gasteiger partial charge >= 0.3 is 0 Å². The van der Waals surface area contributed by atoms with E-state index < -0.39 is 23.3 Å². The summed E-state index contributed by atoms with van der Waals surface area (Å²) in [7, 11) is -5.34. The van der Waals surface area contributed by atoms with Gasteiger partial charge in [-0.05, 0) is 65.8 Å². The highest BCUT2D eigenvalue weighted by atomic mass is 32.2. The fraction of sp³-hybridized carbons (Fsp3) is 0.406. The van der Waals surface area contributed by atoms with Gasteiger partial charge in [-0.3, -0.25) is 0 Å². The Bertz CT molecular complexity index is 1780. The molecule has 2 aliphatic rings. The molecule has 3 heterocycles. The van der Waals surface area contributed by atoms with Crippen LogP contribution in [0.25, 0.3) is 11.1 Å². The van der Waals surface area contributed by atoms with Gasteiger partial charge in [0.2, 0.25) is 21.7 Å². The number of hydrogen-bond acceptors (Lipinski definition) is 8. The van der Waals surface area contributed by atoms with E-state index in [0.29, 0.717) is 25.0 Å². The monoisotopic (exact) mass is 617 g/mol. The third-order valence-electron chi connectivity index (χ3n) is 8.17. The molecule has 0 amide bonds. The fourth-order valence-electron chi connectivity index (χ4n) is 5.49. The third-order valence-corrected chi connectivity index (χ3v) is 11.4. The summed E-state index contributed by atoms with van der Waals surface area (Å²) in [6.45, 7) is 11.9. The van der Waals surface area contributed by atoms with E-state index in [4.69, 9.17) is 9.47 Å². The molecule has 0 saturated carbocycles. The first-order valence-electron chi connectivity index (χ1n) is 14.8. The standard InChI is InChI=1S/C32H39N5O4SSi/c1-32(2)20-41-28-18-23(14-15-33-28)27-13-12-22-8-6-11-26(22)29(27)34-30-35-31(36-37(30)21-40-16-17-43(3,4)5)42(38,39)25-10-7-9-24(32)19-25/h7,9-10,12-15,18-19H,6,8,11,16-17,20-21H2,1-5H3,(H,34,35,36). The number of nitrogens with zero attached hydrogens (tertiary/aromatic N) is 4. The van der Waals surface area contributed by atoms with Crippen LogP contribution in [0, 0.1) is 0 Å². The summed E-state index contributed by atoms with van der Waals surface area (Å²) in [5.74, 6) is 0.830. The summed E-state index contributed by atoms with van der Waals surface area (Å²) >= 11 is 0. The normalized spacial score (nSPS) is 17.0. The summed E-state index contributed by atoms with van der Waals surface area (Å²) in [5, 5.41) is 7.76. The Morgan fingerprint density at radius 3 is 2.74 bits per heavy atom. The Labute approximate surface area is 254 Å². The van der Waals surface area contributed by atoms with E-state index in [9.17, 15) is 8.42 Å². The number of fused-ring (bicyclic) bond motifs is 10. The van der Waals surface area contributed by atoms with Crippen LogP contribution in [0.5, 0.6) is 5.88 Å². The molecule has 2 aromatic carbocycles. The summed E-state index contributed by atoms with van der Waals surface area (Å²) in [4.78, 5) is 9.23. The van der Waals surface area contributed by atoms with Crippen LogP contribution in [0.15, 0.2) is 64.8 Å². The van der Waals surface area contributed by atoms with E-state index in [1.54, 1.807) is 24.4 Å². The maximum atomic E-state index is 14.0. The van der Waals surface area contributed by atoms with E-state index in [2.05, 4.69) is 52.2 Å². The van der Waals surface area contributed by atoms with Crippen LogP contribution in [0.2, 0.25) is 25.7 Å². The molecule has 11 heteroatoms. The van der Waals surface area contributed by atoms with Crippen molar-refractivity contribution in [2.75, 3.05) is 18.5 Å². The number of rotatable bonds is 5. The van der Waals surface area contributed by atoms with Crippen molar-refractivity contribution in [2.24, 2.45) is 0 Å². The predicted octanol–water partition coefficient (Wildman–Crippen LogP) is 6.39. The summed E-state index contributed by atoms with van der Waals surface area (Å²) in [5.41, 5.74) is 5.59. The van der Waals surface area contributed by atoms with E-state index in [-0.39, 0.29) is 16.8 Å². The highest BCUT2D eigenvalue weighted by molar-refractivity contribution is 7.91. The summed E-state index contributed by atoms with van der Waals surface area (Å²) < 4.78 is 41.7. The Kier molecular flexibility index (Phi) is 7.68. The molecule has 0 unspecified atom stereocenters. The van der Waals surface area contributed by atoms with Gasteiger partial charge in [0.15, 0.2) is 0 Å². The van der Waals surface area contributed by atoms with E-state index in [0.717, 1.165) is 47.7 Å². The van der Waals surface area contributed by atoms with Crippen molar-refractivity contribution in [3.8, 4) is 17.0 Å². The minimum Gasteiger partial charge on any atom is -0.477 e. The van der Waals surface area contributed by atoms with Gasteiger partial charge in [-0.15, -0.1) is 5.10 Å². The largest absolute Gasteiger partial charge is 0.477 e. The molecular weight excluding hydrogens is 579 g/mol. The van der Waals surface area contributed by atoms with Crippen LogP contribution in [-0.2, 0) is 39.6 Å². The predicted molar refractivity (Wildman–Crippen MR) is 170 cm³/mol. The number of anilines is 2. The summed E-state index contributed by atoms with van der Waals surface area (Å²) in [6.07, 6.45) is 4.72. The molecule has 1 aliphatic heterocycles. The van der Waals surface area contributed by atoms with Crippen LogP contribution in [0.3, 0.4) is 0 Å². The molecule has 2 aromatic heterocycles. The van der Waals surface area contributed by atoms with Crippen molar-refractivity contribution >= 4 is 29.5 Å². The first-order chi connectivity index (χ1) is 20.4. The number of hydrogen-bond donors (Lipinski definition) is 1. The third kappa shape index (κ3) is 6.11. The smallest absolute Gasteiger partial charge is 0.273 e. The maximum absolute atomic E-state index is 14.0. The highest BCUT2D eigenvalue weighted by Crippen LogP contribution is 2.40. The zero-order valence-electron chi connectivity index (χ0n) is 25.5. The lowest BCUT2D eigenvalue weighted by atomic mass is 9.85. The SMILES string of the molecule is CC1(C)COc2cc(ccn2)-c2ccc3c(c2Nc2nc(nn2COCC[Si](C)(C)C)S(=O)(=O)c2cccc1c2)CCC3. The highest BCUT2D eigenvalue weighted by Gasteiger charge is 2.30. The average Bonchev–Trinajstić information content (AvgIpc) is 3.62. The lowest BCUT2D eigenvalue weighted by Gasteiger charge is -2.25. The summed E-state index contributed by atoms with van der Waals surface area (Å²) in [6, 6.07) is 16.1. The zero-order chi connectivity index (χ0) is 30.4. The van der Waals surface area contributed by atoms with Gasteiger partial charge in [0.25, 0.3) is 5.16 Å². The van der Waals surface area contributed by atoms with Gasteiger partial charge in [-0.2, -0.15) is 4.98 Å². The van der Waals surface area contributed by atoms with Crippen molar-refractivity contribution in [1.82, 2.24) is 19.7 Å². The van der Waals surface area contributed by atoms with Gasteiger partial charge in [-0.25, -0.2) is 18.1 Å². The second-order valence-corrected chi connectivity index (χ2v) is 20.7. The lowest BCUT2D eigenvalue weighted by Crippen LogP contribution is -2.26. The molecule has 1 N–H and O–H groups in total. The first-order valence-corrected chi connectivity index (χ1v) is 20.0. The van der Waals surface area contributed by atoms with E-state index in [1.807, 2.05) is 32.0 Å². The Balaban J connectivity index is 1.52. The number of aromatic nitrogens is 4. The molecule has 0 spiro atoms. The van der Waals surface area contributed by atoms with Crippen molar-refractivity contribution in [3.63, 3.8) is 0 Å². The van der Waals surface area contributed by atoms with E-state index in [1.165, 1.54) is 15.8 Å². The van der Waals surface area contributed by atoms with Crippen LogP contribution in [0.4, 0.5) is 11.6 Å². The molecular formula is C32H39N5O4SSi. The molecule has 4 aromatic rings. The topological polar surface area (TPSA) is 108 Å². The number of aryl methyl sites for hydroxylation is 1. The second-order valence-electron chi connectivity index (χ2n) is 13.3. The molecule has 0 atom stereocenters. The molecule has 0 fully saturated rings. The van der Waals surface area contributed by atoms with Crippen LogP contribution >= 0.6 is 0 Å². The van der Waals surface area contributed by atoms with Gasteiger partial charge < -0.3 is 14.8 Å². The van der Waals surface area contributed by atoms with Crippen molar-refractivity contribution in [1.29, 1.82) is 0 Å². The maximum Gasteiger partial charge on any atom is 0.273 e. The number of ether oxygens (including phenoxy) is 2. The van der Waals surface area contributed by atoms with Gasteiger partial charge in [0.05, 0.1) is 17.2 Å². The number of sulfone groups is 1. The number of nitrogens with one attached hydrogen (secondary N) is 1. The van der Waals surface area contributed by atoms with Crippen molar-refractivity contribution < 1.29 is 17.9 Å². The zero-order valence-corrected chi connectivity index (χ0v) is 27.3. The van der Waals surface area contributed by atoms with Crippen LogP contribution < -0.4 is 10.1 Å². The van der Waals surface area contributed by atoms with Gasteiger partial charge in [-0.1, -0.05) is 57.8 Å². The molecule has 0 saturated heterocycles. The Morgan fingerprint density at radius 2 is 1.93 bits per heavy atom. The minimum absolute atomic E-state index is 0.0833. The van der Waals surface area contributed by atoms with Crippen molar-refractivity contribution in [2.45, 2.75) is 81.0 Å². The molecule has 9 nitrogen and oxygen atoms in total. The minimum atomic E-state index is -4.03. The second kappa shape index (κ2) is 11.2. The van der Waals surface area contributed by atoms with Gasteiger partial charge in [0.1, 0.15) is 6.73 Å². The molecule has 6 bridgehead atoms. The molecule has 226 valence electrons. The Morgan fingerprint density at radius 1 is 1.09 bits per heavy atom. The molecule has 6 rings (SSSR count). The molecule has 0 radical (unpaired) electrons. The first kappa shape index (κ1) is 29.5. The number of benzene rings is 2. The van der Waals surface area contributed by atoms with Crippen molar-refractivity contribution in [3.05, 3.63) is 71.4 Å². The fourth-order valence-corrected chi connectivity index (χ4v) is 7.41. The molecule has 43 heavy (non-hydrogen) atoms. The molecule has 1 aliphatic carbocycles. The van der Waals surface area contributed by atoms with Crippen LogP contribution in [0.1, 0.15) is 37.0 Å².